The van der Waals surface area contributed by atoms with E-state index in [0.717, 1.165) is 92.9 Å². The monoisotopic (exact) mass is 647 g/mol. The molecule has 0 saturated heterocycles. The molecular formula is C36H37N7O3S. The second-order valence-electron chi connectivity index (χ2n) is 12.4. The van der Waals surface area contributed by atoms with Crippen molar-refractivity contribution >= 4 is 57.1 Å². The predicted octanol–water partition coefficient (Wildman–Crippen LogP) is 7.53. The van der Waals surface area contributed by atoms with Crippen LogP contribution in [0.2, 0.25) is 0 Å². The molecule has 240 valence electrons. The summed E-state index contributed by atoms with van der Waals surface area (Å²) in [7, 11) is 0. The molecule has 10 nitrogen and oxygen atoms in total. The summed E-state index contributed by atoms with van der Waals surface area (Å²) in [5, 5.41) is 24.2. The Morgan fingerprint density at radius 2 is 1.87 bits per heavy atom. The number of fused-ring (bicyclic) bond motifs is 2. The van der Waals surface area contributed by atoms with Gasteiger partial charge in [-0.2, -0.15) is 10.6 Å². The van der Waals surface area contributed by atoms with Gasteiger partial charge in [-0.05, 0) is 86.9 Å². The summed E-state index contributed by atoms with van der Waals surface area (Å²) < 4.78 is 2.00. The third kappa shape index (κ3) is 6.27. The lowest BCUT2D eigenvalue weighted by Crippen LogP contribution is -2.34. The van der Waals surface area contributed by atoms with Crippen molar-refractivity contribution < 1.29 is 14.7 Å². The largest absolute Gasteiger partial charge is 0.478 e. The third-order valence-corrected chi connectivity index (χ3v) is 10.2. The van der Waals surface area contributed by atoms with Crippen molar-refractivity contribution in [2.24, 2.45) is 10.2 Å². The van der Waals surface area contributed by atoms with Crippen LogP contribution in [0.5, 0.6) is 0 Å². The van der Waals surface area contributed by atoms with E-state index in [2.05, 4.69) is 44.2 Å². The quantitative estimate of drug-likeness (QED) is 0.174. The number of pyridine rings is 1. The van der Waals surface area contributed by atoms with Gasteiger partial charge in [0.1, 0.15) is 12.4 Å². The van der Waals surface area contributed by atoms with Crippen LogP contribution in [-0.4, -0.2) is 43.6 Å². The number of hydrogen-bond donors (Lipinski definition) is 3. The van der Waals surface area contributed by atoms with Gasteiger partial charge in [-0.1, -0.05) is 37.5 Å². The number of benzene rings is 2. The maximum atomic E-state index is 13.7. The van der Waals surface area contributed by atoms with Gasteiger partial charge in [0.2, 0.25) is 5.91 Å². The van der Waals surface area contributed by atoms with E-state index in [-0.39, 0.29) is 18.0 Å². The Balaban J connectivity index is 1.37. The van der Waals surface area contributed by atoms with Crippen LogP contribution < -0.4 is 10.9 Å². The van der Waals surface area contributed by atoms with Crippen molar-refractivity contribution in [2.75, 3.05) is 0 Å². The summed E-state index contributed by atoms with van der Waals surface area (Å²) in [5.41, 5.74) is 9.43. The van der Waals surface area contributed by atoms with Gasteiger partial charge >= 0.3 is 5.97 Å². The number of aryl methyl sites for hydroxylation is 2. The Morgan fingerprint density at radius 3 is 2.66 bits per heavy atom. The molecule has 3 N–H and O–H groups in total. The Bertz CT molecular complexity index is 2070. The third-order valence-electron chi connectivity index (χ3n) is 9.13. The SMILES string of the molecule is Cc1nc(C)c(-c2ccc3cc(-c4c(C5CCCCC5)c5ccc(C(=O)O)cc5n4CC(=O)N/C4=N/N/N=C\CCC4)ccc3n2)s1. The lowest BCUT2D eigenvalue weighted by molar-refractivity contribution is -0.120. The molecule has 0 radical (unpaired) electrons. The summed E-state index contributed by atoms with van der Waals surface area (Å²) in [6.07, 6.45) is 9.58. The zero-order valence-corrected chi connectivity index (χ0v) is 27.4. The first kappa shape index (κ1) is 30.7. The fourth-order valence-electron chi connectivity index (χ4n) is 7.00. The van der Waals surface area contributed by atoms with Crippen LogP contribution in [-0.2, 0) is 11.3 Å². The minimum atomic E-state index is -1.00. The zero-order chi connectivity index (χ0) is 32.5. The normalized spacial score (nSPS) is 17.4. The molecule has 0 spiro atoms. The van der Waals surface area contributed by atoms with Gasteiger partial charge < -0.3 is 15.0 Å². The van der Waals surface area contributed by atoms with Crippen molar-refractivity contribution in [3.8, 4) is 21.8 Å². The molecule has 0 bridgehead atoms. The number of hydrogen-bond acceptors (Lipinski definition) is 8. The number of thiazole rings is 1. The van der Waals surface area contributed by atoms with E-state index in [1.165, 1.54) is 12.0 Å². The van der Waals surface area contributed by atoms with Crippen molar-refractivity contribution in [3.05, 3.63) is 70.4 Å². The molecule has 4 heterocycles. The Morgan fingerprint density at radius 1 is 1.02 bits per heavy atom. The molecule has 5 aromatic rings. The number of amides is 1. The standard InChI is InChI=1S/C36H37N7O3S/c1-21-35(47-22(2)38-21)29-16-12-24-18-25(13-15-28(24)39-29)34-33(23-8-4-3-5-9-23)27-14-11-26(36(45)46)19-30(27)43(34)20-32(44)40-31-10-6-7-17-37-42-41-31/h11-19,23,42H,3-10,20H2,1-2H3,(H,45,46)(H,40,41,44)/b37-17-. The van der Waals surface area contributed by atoms with Crippen LogP contribution in [0.25, 0.3) is 43.6 Å². The highest BCUT2D eigenvalue weighted by atomic mass is 32.1. The number of nitrogens with one attached hydrogen (secondary N) is 2. The van der Waals surface area contributed by atoms with Crippen molar-refractivity contribution in [3.63, 3.8) is 0 Å². The van der Waals surface area contributed by atoms with Gasteiger partial charge in [-0.15, -0.1) is 16.4 Å². The number of amidine groups is 1. The van der Waals surface area contributed by atoms with Gasteiger partial charge in [-0.25, -0.2) is 14.8 Å². The Labute approximate surface area is 276 Å². The van der Waals surface area contributed by atoms with E-state index in [9.17, 15) is 14.7 Å². The summed E-state index contributed by atoms with van der Waals surface area (Å²) >= 11 is 1.65. The first-order chi connectivity index (χ1) is 22.9. The van der Waals surface area contributed by atoms with Gasteiger partial charge in [0.15, 0.2) is 0 Å². The van der Waals surface area contributed by atoms with E-state index in [1.54, 1.807) is 29.7 Å². The van der Waals surface area contributed by atoms with Crippen LogP contribution in [0, 0.1) is 13.8 Å². The summed E-state index contributed by atoms with van der Waals surface area (Å²) in [6, 6.07) is 15.7. The topological polar surface area (TPSA) is 134 Å². The molecule has 11 heteroatoms. The van der Waals surface area contributed by atoms with E-state index in [0.29, 0.717) is 18.2 Å². The lowest BCUT2D eigenvalue weighted by Gasteiger charge is -2.24. The second kappa shape index (κ2) is 13.1. The van der Waals surface area contributed by atoms with Crippen LogP contribution in [0.4, 0.5) is 0 Å². The maximum absolute atomic E-state index is 13.7. The molecule has 1 aliphatic carbocycles. The smallest absolute Gasteiger partial charge is 0.335 e. The molecule has 2 aliphatic rings. The van der Waals surface area contributed by atoms with Crippen LogP contribution in [0.3, 0.4) is 0 Å². The first-order valence-corrected chi connectivity index (χ1v) is 17.1. The number of aromatic carboxylic acids is 1. The number of carboxylic acid groups (broad SMARTS) is 1. The predicted molar refractivity (Wildman–Crippen MR) is 187 cm³/mol. The van der Waals surface area contributed by atoms with Crippen molar-refractivity contribution in [2.45, 2.75) is 77.7 Å². The lowest BCUT2D eigenvalue weighted by atomic mass is 9.81. The second-order valence-corrected chi connectivity index (χ2v) is 13.6. The average Bonchev–Trinajstić information content (AvgIpc) is 3.57. The zero-order valence-electron chi connectivity index (χ0n) is 26.5. The molecule has 7 rings (SSSR count). The van der Waals surface area contributed by atoms with E-state index in [1.807, 2.05) is 36.6 Å². The number of carboxylic acids is 1. The molecule has 1 fully saturated rings. The van der Waals surface area contributed by atoms with Gasteiger partial charge in [0.05, 0.1) is 43.6 Å². The number of hydrazone groups is 2. The number of carbonyl (C=O) groups is 2. The molecule has 1 amide bonds. The van der Waals surface area contributed by atoms with Crippen LogP contribution >= 0.6 is 11.3 Å². The van der Waals surface area contributed by atoms with Gasteiger partial charge in [-0.3, -0.25) is 4.79 Å². The molecule has 3 aromatic heterocycles. The minimum Gasteiger partial charge on any atom is -0.478 e. The fraction of sp³-hybridized carbons (Fsp3) is 0.333. The number of aromatic nitrogens is 3. The number of carbonyl (C=O) groups excluding carboxylic acids is 1. The maximum Gasteiger partial charge on any atom is 0.335 e. The van der Waals surface area contributed by atoms with Crippen LogP contribution in [0.1, 0.15) is 83.9 Å². The average molecular weight is 648 g/mol. The van der Waals surface area contributed by atoms with Gasteiger partial charge in [0, 0.05) is 23.4 Å². The molecule has 1 saturated carbocycles. The first-order valence-electron chi connectivity index (χ1n) is 16.2. The Hall–Kier alpha value is -4.90. The fourth-order valence-corrected chi connectivity index (χ4v) is 7.89. The molecular weight excluding hydrogens is 611 g/mol. The number of rotatable bonds is 6. The van der Waals surface area contributed by atoms with Crippen molar-refractivity contribution in [1.29, 1.82) is 0 Å². The van der Waals surface area contributed by atoms with Crippen LogP contribution in [0.15, 0.2) is 58.7 Å². The summed E-state index contributed by atoms with van der Waals surface area (Å²) in [4.78, 5) is 36.5. The molecule has 1 aliphatic heterocycles. The van der Waals surface area contributed by atoms with Crippen molar-refractivity contribution in [1.82, 2.24) is 25.4 Å². The highest BCUT2D eigenvalue weighted by Gasteiger charge is 2.28. The molecule has 2 aromatic carbocycles. The molecule has 47 heavy (non-hydrogen) atoms. The molecule has 0 unspecified atom stereocenters. The molecule has 0 atom stereocenters. The van der Waals surface area contributed by atoms with E-state index < -0.39 is 5.97 Å². The highest BCUT2D eigenvalue weighted by molar-refractivity contribution is 7.15. The van der Waals surface area contributed by atoms with E-state index in [4.69, 9.17) is 4.98 Å². The summed E-state index contributed by atoms with van der Waals surface area (Å²) in [6.45, 7) is 4.02. The highest BCUT2D eigenvalue weighted by Crippen LogP contribution is 2.45. The minimum absolute atomic E-state index is 0.00312. The number of nitrogens with zero attached hydrogens (tertiary/aromatic N) is 5. The Kier molecular flexibility index (Phi) is 8.55. The summed E-state index contributed by atoms with van der Waals surface area (Å²) in [5.74, 6) is -0.402. The van der Waals surface area contributed by atoms with E-state index >= 15 is 0 Å². The van der Waals surface area contributed by atoms with Gasteiger partial charge in [0.25, 0.3) is 0 Å².